The summed E-state index contributed by atoms with van der Waals surface area (Å²) in [6.45, 7) is 0.899. The quantitative estimate of drug-likeness (QED) is 0.593. The van der Waals surface area contributed by atoms with Crippen LogP contribution in [0.2, 0.25) is 0 Å². The molecular formula is C13H19N3OS. The first-order valence-corrected chi connectivity index (χ1v) is 7.58. The number of fused-ring (bicyclic) bond motifs is 1. The highest BCUT2D eigenvalue weighted by molar-refractivity contribution is 7.98. The molecule has 98 valence electrons. The highest BCUT2D eigenvalue weighted by Crippen LogP contribution is 2.20. The molecule has 0 radical (unpaired) electrons. The molecule has 0 aliphatic carbocycles. The summed E-state index contributed by atoms with van der Waals surface area (Å²) in [5, 5.41) is 3.21. The van der Waals surface area contributed by atoms with Crippen molar-refractivity contribution in [1.29, 1.82) is 0 Å². The number of oxazole rings is 1. The molecule has 1 aromatic heterocycles. The SMILES string of the molecule is CSCCCCCNc1nc2cc(N)ccc2o1. The Morgan fingerprint density at radius 1 is 1.33 bits per heavy atom. The molecule has 2 aromatic rings. The Bertz CT molecular complexity index is 498. The Balaban J connectivity index is 1.81. The molecule has 18 heavy (non-hydrogen) atoms. The lowest BCUT2D eigenvalue weighted by Gasteiger charge is -2.00. The van der Waals surface area contributed by atoms with Gasteiger partial charge in [-0.2, -0.15) is 16.7 Å². The number of thioether (sulfide) groups is 1. The van der Waals surface area contributed by atoms with Crippen molar-refractivity contribution >= 4 is 34.6 Å². The highest BCUT2D eigenvalue weighted by atomic mass is 32.2. The molecule has 0 unspecified atom stereocenters. The fourth-order valence-corrected chi connectivity index (χ4v) is 2.26. The van der Waals surface area contributed by atoms with E-state index in [0.29, 0.717) is 11.7 Å². The summed E-state index contributed by atoms with van der Waals surface area (Å²) < 4.78 is 5.57. The van der Waals surface area contributed by atoms with Crippen molar-refractivity contribution in [2.24, 2.45) is 0 Å². The maximum atomic E-state index is 5.70. The van der Waals surface area contributed by atoms with Crippen LogP contribution in [0, 0.1) is 0 Å². The van der Waals surface area contributed by atoms with E-state index in [1.165, 1.54) is 18.6 Å². The van der Waals surface area contributed by atoms with Crippen LogP contribution >= 0.6 is 11.8 Å². The van der Waals surface area contributed by atoms with Crippen LogP contribution in [0.15, 0.2) is 22.6 Å². The van der Waals surface area contributed by atoms with E-state index in [0.717, 1.165) is 24.1 Å². The molecule has 0 fully saturated rings. The van der Waals surface area contributed by atoms with Gasteiger partial charge in [0.05, 0.1) is 0 Å². The second kappa shape index (κ2) is 6.54. The van der Waals surface area contributed by atoms with Crippen molar-refractivity contribution in [3.8, 4) is 0 Å². The van der Waals surface area contributed by atoms with Crippen molar-refractivity contribution in [3.05, 3.63) is 18.2 Å². The summed E-state index contributed by atoms with van der Waals surface area (Å²) in [5.41, 5.74) is 7.98. The molecule has 2 rings (SSSR count). The average molecular weight is 265 g/mol. The van der Waals surface area contributed by atoms with E-state index in [-0.39, 0.29) is 0 Å². The van der Waals surface area contributed by atoms with Gasteiger partial charge in [0, 0.05) is 12.2 Å². The number of unbranched alkanes of at least 4 members (excludes halogenated alkanes) is 2. The Hall–Kier alpha value is -1.36. The first-order valence-electron chi connectivity index (χ1n) is 6.18. The average Bonchev–Trinajstić information content (AvgIpc) is 2.75. The zero-order chi connectivity index (χ0) is 12.8. The molecule has 0 aliphatic heterocycles. The molecule has 4 nitrogen and oxygen atoms in total. The van der Waals surface area contributed by atoms with E-state index in [1.54, 1.807) is 0 Å². The van der Waals surface area contributed by atoms with Gasteiger partial charge in [0.15, 0.2) is 5.58 Å². The lowest BCUT2D eigenvalue weighted by molar-refractivity contribution is 0.609. The zero-order valence-electron chi connectivity index (χ0n) is 10.6. The Morgan fingerprint density at radius 2 is 2.22 bits per heavy atom. The minimum Gasteiger partial charge on any atom is -0.424 e. The first-order chi connectivity index (χ1) is 8.79. The Kier molecular flexibility index (Phi) is 4.75. The molecule has 0 bridgehead atoms. The van der Waals surface area contributed by atoms with Gasteiger partial charge in [-0.3, -0.25) is 0 Å². The van der Waals surface area contributed by atoms with Crippen molar-refractivity contribution in [1.82, 2.24) is 4.98 Å². The molecule has 0 atom stereocenters. The summed E-state index contributed by atoms with van der Waals surface area (Å²) >= 11 is 1.90. The topological polar surface area (TPSA) is 64.1 Å². The number of hydrogen-bond donors (Lipinski definition) is 2. The number of benzene rings is 1. The monoisotopic (exact) mass is 265 g/mol. The van der Waals surface area contributed by atoms with Crippen molar-refractivity contribution in [2.45, 2.75) is 19.3 Å². The van der Waals surface area contributed by atoms with Crippen LogP contribution in [0.5, 0.6) is 0 Å². The van der Waals surface area contributed by atoms with Crippen LogP contribution in [0.3, 0.4) is 0 Å². The number of nitrogens with one attached hydrogen (secondary N) is 1. The lowest BCUT2D eigenvalue weighted by Crippen LogP contribution is -2.01. The summed E-state index contributed by atoms with van der Waals surface area (Å²) in [4.78, 5) is 4.35. The van der Waals surface area contributed by atoms with Gasteiger partial charge in [-0.1, -0.05) is 6.42 Å². The Morgan fingerprint density at radius 3 is 3.06 bits per heavy atom. The van der Waals surface area contributed by atoms with Crippen LogP contribution in [-0.2, 0) is 0 Å². The number of aromatic nitrogens is 1. The van der Waals surface area contributed by atoms with E-state index < -0.39 is 0 Å². The number of nitrogen functional groups attached to an aromatic ring is 1. The minimum absolute atomic E-state index is 0.584. The third kappa shape index (κ3) is 3.57. The van der Waals surface area contributed by atoms with Crippen molar-refractivity contribution in [2.75, 3.05) is 29.6 Å². The number of hydrogen-bond acceptors (Lipinski definition) is 5. The number of rotatable bonds is 7. The number of anilines is 2. The smallest absolute Gasteiger partial charge is 0.295 e. The molecule has 5 heteroatoms. The second-order valence-electron chi connectivity index (χ2n) is 4.23. The zero-order valence-corrected chi connectivity index (χ0v) is 11.4. The molecule has 0 saturated carbocycles. The molecule has 0 spiro atoms. The summed E-state index contributed by atoms with van der Waals surface area (Å²) in [5.74, 6) is 1.24. The third-order valence-corrected chi connectivity index (χ3v) is 3.41. The highest BCUT2D eigenvalue weighted by Gasteiger charge is 2.04. The van der Waals surface area contributed by atoms with Gasteiger partial charge in [0.2, 0.25) is 0 Å². The third-order valence-electron chi connectivity index (χ3n) is 2.71. The predicted octanol–water partition coefficient (Wildman–Crippen LogP) is 3.36. The standard InChI is InChI=1S/C13H19N3OS/c1-18-8-4-2-3-7-15-13-16-11-9-10(14)5-6-12(11)17-13/h5-6,9H,2-4,7-8,14H2,1H3,(H,15,16). The van der Waals surface area contributed by atoms with Gasteiger partial charge < -0.3 is 15.5 Å². The van der Waals surface area contributed by atoms with E-state index in [1.807, 2.05) is 30.0 Å². The van der Waals surface area contributed by atoms with Crippen molar-refractivity contribution in [3.63, 3.8) is 0 Å². The maximum absolute atomic E-state index is 5.70. The van der Waals surface area contributed by atoms with Gasteiger partial charge in [-0.15, -0.1) is 0 Å². The van der Waals surface area contributed by atoms with Gasteiger partial charge in [0.1, 0.15) is 5.52 Å². The number of nitrogens with zero attached hydrogens (tertiary/aromatic N) is 1. The van der Waals surface area contributed by atoms with Crippen LogP contribution in [0.1, 0.15) is 19.3 Å². The minimum atomic E-state index is 0.584. The first kappa shape index (κ1) is 13.1. The second-order valence-corrected chi connectivity index (χ2v) is 5.21. The normalized spacial score (nSPS) is 10.9. The molecule has 0 saturated heterocycles. The Labute approximate surface area is 111 Å². The van der Waals surface area contributed by atoms with E-state index in [9.17, 15) is 0 Å². The number of nitrogens with two attached hydrogens (primary N) is 1. The molecule has 3 N–H and O–H groups in total. The van der Waals surface area contributed by atoms with E-state index >= 15 is 0 Å². The largest absolute Gasteiger partial charge is 0.424 e. The molecular weight excluding hydrogens is 246 g/mol. The van der Waals surface area contributed by atoms with Crippen molar-refractivity contribution < 1.29 is 4.42 Å². The van der Waals surface area contributed by atoms with Gasteiger partial charge >= 0.3 is 0 Å². The van der Waals surface area contributed by atoms with E-state index in [2.05, 4.69) is 16.6 Å². The fraction of sp³-hybridized carbons (Fsp3) is 0.462. The van der Waals surface area contributed by atoms with Crippen LogP contribution in [0.4, 0.5) is 11.7 Å². The van der Waals surface area contributed by atoms with Gasteiger partial charge in [-0.05, 0) is 43.0 Å². The predicted molar refractivity (Wildman–Crippen MR) is 79.1 cm³/mol. The maximum Gasteiger partial charge on any atom is 0.295 e. The molecule has 1 heterocycles. The summed E-state index contributed by atoms with van der Waals surface area (Å²) in [6, 6.07) is 6.07. The fourth-order valence-electron chi connectivity index (χ4n) is 1.76. The summed E-state index contributed by atoms with van der Waals surface area (Å²) in [6.07, 6.45) is 5.79. The van der Waals surface area contributed by atoms with Gasteiger partial charge in [0.25, 0.3) is 6.01 Å². The van der Waals surface area contributed by atoms with Crippen LogP contribution in [-0.4, -0.2) is 23.5 Å². The van der Waals surface area contributed by atoms with Gasteiger partial charge in [-0.25, -0.2) is 0 Å². The summed E-state index contributed by atoms with van der Waals surface area (Å²) in [7, 11) is 0. The van der Waals surface area contributed by atoms with Crippen LogP contribution < -0.4 is 11.1 Å². The van der Waals surface area contributed by atoms with E-state index in [4.69, 9.17) is 10.2 Å². The van der Waals surface area contributed by atoms with Crippen LogP contribution in [0.25, 0.3) is 11.1 Å². The molecule has 0 aliphatic rings. The molecule has 1 aromatic carbocycles. The molecule has 0 amide bonds. The lowest BCUT2D eigenvalue weighted by atomic mass is 10.2.